The summed E-state index contributed by atoms with van der Waals surface area (Å²) in [7, 11) is 6.28. The Labute approximate surface area is 905 Å². The van der Waals surface area contributed by atoms with Gasteiger partial charge in [0.2, 0.25) is 0 Å². The smallest absolute Gasteiger partial charge is 0.115 e. The van der Waals surface area contributed by atoms with Crippen LogP contribution in [-0.4, -0.2) is 157 Å². The standard InChI is InChI=1S/2C10H18.C9H19N.C9H17N.C8H15N.2C8H11N.C8H16O.C8H14O.C8H16O.C8H14O.C8H16.C8H14.C7H10N2.C7H14O.C6H11N3.CH4/c1-8(2)9-6-5-7-10(9,3)4;1-8(2)10-6-4-9(3)5-7-10;1-8(2)9-4-6-10(3)7-5-9;1-8(2)9-5-4-6-10(3)7-9;2*1-7(2)8-3-5-9-6-4-8;1-7(2)8-4-3-5-9-6-8;2*1-7(2)8-3-5-9-6-4-8;2*1-7(2)8-5-3-4-6-9-8;2*1-7(2)8-5-3-4-6-8;1-6(2)7-3-8-5-9-4-7;1-6(2)7-3-4-8-5-7;1-5(2)6-4-9(3)8-7-6;/h6,8H,5,7H2,1-4H3;6,8-9H,4-5,7H2,1-3H3;8-9H,4-7H2,1-3H3;5,8H,4,6-7H2,1-3H3;3,7,9H,4-6H2,1-2H3;2*3-7H,1-2H3;7-8H,3-6H2,1-2H3;3,7H,4-6H2,1-2H3;7-8H,3-6H2,1-2H3;5,7H,3-4,6H2,1-2H3;7-8H,3-6H2,1-2H3;5,7H,3-4,6H2,1-2H3;3-6H,1-2H3;6-7H,3-5H2,1-2H3;4-5H,1-3H3;1H4. The van der Waals surface area contributed by atoms with Gasteiger partial charge < -0.3 is 38.8 Å². The van der Waals surface area contributed by atoms with Crippen LogP contribution in [0.4, 0.5) is 0 Å². The lowest BCUT2D eigenvalue weighted by Crippen LogP contribution is -2.32. The van der Waals surface area contributed by atoms with E-state index in [0.717, 1.165) is 154 Å². The molecule has 15 heteroatoms. The van der Waals surface area contributed by atoms with Crippen molar-refractivity contribution in [2.75, 3.05) is 106 Å². The van der Waals surface area contributed by atoms with Gasteiger partial charge in [-0.3, -0.25) is 14.6 Å². The van der Waals surface area contributed by atoms with E-state index in [9.17, 15) is 0 Å². The van der Waals surface area contributed by atoms with Gasteiger partial charge in [-0.2, -0.15) is 0 Å². The van der Waals surface area contributed by atoms with Crippen molar-refractivity contribution in [2.45, 2.75) is 440 Å². The number of rotatable bonds is 16. The van der Waals surface area contributed by atoms with E-state index in [4.69, 9.17) is 23.7 Å². The largest absolute Gasteiger partial charge is 0.498 e. The van der Waals surface area contributed by atoms with Gasteiger partial charge in [-0.1, -0.05) is 357 Å². The normalized spacial score (nSPS) is 19.9. The van der Waals surface area contributed by atoms with Gasteiger partial charge in [0.05, 0.1) is 37.4 Å². The number of likely N-dealkylation sites (tertiary alicyclic amines) is 1. The maximum absolute atomic E-state index is 5.54. The zero-order valence-corrected chi connectivity index (χ0v) is 102. The summed E-state index contributed by atoms with van der Waals surface area (Å²) in [6, 6.07) is 8.16. The molecule has 0 aromatic carbocycles. The van der Waals surface area contributed by atoms with Crippen molar-refractivity contribution in [3.8, 4) is 0 Å². The molecule has 146 heavy (non-hydrogen) atoms. The van der Waals surface area contributed by atoms with Crippen molar-refractivity contribution in [3.05, 3.63) is 178 Å². The maximum Gasteiger partial charge on any atom is 0.115 e. The highest BCUT2D eigenvalue weighted by atomic mass is 16.5. The maximum atomic E-state index is 5.54. The number of aryl methyl sites for hydroxylation is 1. The van der Waals surface area contributed by atoms with Crippen molar-refractivity contribution in [1.29, 1.82) is 0 Å². The molecule has 16 rings (SSSR count). The Morgan fingerprint density at radius 1 is 0.384 bits per heavy atom. The minimum atomic E-state index is 0. The van der Waals surface area contributed by atoms with Crippen LogP contribution in [0.1, 0.15) is 456 Å². The van der Waals surface area contributed by atoms with Gasteiger partial charge in [-0.25, -0.2) is 9.97 Å². The van der Waals surface area contributed by atoms with Crippen LogP contribution in [0.15, 0.2) is 156 Å². The molecule has 15 nitrogen and oxygen atoms in total. The van der Waals surface area contributed by atoms with Crippen LogP contribution in [0.3, 0.4) is 0 Å². The zero-order chi connectivity index (χ0) is 109. The van der Waals surface area contributed by atoms with Crippen LogP contribution in [0.5, 0.6) is 0 Å². The quantitative estimate of drug-likeness (QED) is 0.106. The number of hydrogen-bond acceptors (Lipinski definition) is 14. The van der Waals surface area contributed by atoms with Crippen molar-refractivity contribution in [1.82, 2.24) is 50.0 Å². The van der Waals surface area contributed by atoms with E-state index in [0.29, 0.717) is 52.9 Å². The molecule has 1 N–H and O–H groups in total. The Morgan fingerprint density at radius 2 is 0.911 bits per heavy atom. The first kappa shape index (κ1) is 140. The molecule has 3 unspecified atom stereocenters. The van der Waals surface area contributed by atoms with E-state index >= 15 is 0 Å². The number of likely N-dealkylation sites (N-methyl/N-ethyl adjacent to an activating group) is 1. The van der Waals surface area contributed by atoms with E-state index in [1.165, 1.54) is 209 Å². The Balaban J connectivity index is 0.00000154. The third kappa shape index (κ3) is 68.3. The third-order valence-corrected chi connectivity index (χ3v) is 30.3. The Morgan fingerprint density at radius 3 is 1.23 bits per heavy atom. The second kappa shape index (κ2) is 83.7. The molecule has 4 aromatic rings. The van der Waals surface area contributed by atoms with Gasteiger partial charge in [0.1, 0.15) is 6.33 Å². The lowest BCUT2D eigenvalue weighted by Gasteiger charge is -2.31. The topological polar surface area (TPSA) is 147 Å². The Kier molecular flexibility index (Phi) is 80.4. The second-order valence-corrected chi connectivity index (χ2v) is 48.8. The summed E-state index contributed by atoms with van der Waals surface area (Å²) in [4.78, 5) is 20.5. The van der Waals surface area contributed by atoms with E-state index in [1.54, 1.807) is 50.6 Å². The molecule has 0 spiro atoms. The second-order valence-electron chi connectivity index (χ2n) is 48.8. The number of nitrogens with zero attached hydrogens (tertiary/aromatic N) is 9. The zero-order valence-electron chi connectivity index (χ0n) is 102. The van der Waals surface area contributed by atoms with Gasteiger partial charge in [-0.15, -0.1) is 5.10 Å². The molecule has 842 valence electrons. The fourth-order valence-corrected chi connectivity index (χ4v) is 19.1. The molecule has 1 saturated carbocycles. The van der Waals surface area contributed by atoms with E-state index in [-0.39, 0.29) is 7.43 Å². The summed E-state index contributed by atoms with van der Waals surface area (Å²) in [6.45, 7) is 93.6. The Hall–Kier alpha value is -5.78. The van der Waals surface area contributed by atoms with Crippen molar-refractivity contribution in [2.24, 2.45) is 113 Å². The van der Waals surface area contributed by atoms with Crippen LogP contribution in [0, 0.1) is 106 Å². The van der Waals surface area contributed by atoms with Crippen LogP contribution in [0.25, 0.3) is 0 Å². The third-order valence-electron chi connectivity index (χ3n) is 30.3. The molecule has 3 atom stereocenters. The molecular formula is C131H238N10O5. The van der Waals surface area contributed by atoms with Gasteiger partial charge >= 0.3 is 0 Å². The van der Waals surface area contributed by atoms with Crippen molar-refractivity contribution in [3.63, 3.8) is 0 Å². The molecule has 4 aromatic heterocycles. The predicted octanol–water partition coefficient (Wildman–Crippen LogP) is 35.7. The van der Waals surface area contributed by atoms with Crippen molar-refractivity contribution < 1.29 is 23.7 Å². The number of pyridine rings is 2. The number of nitrogens with one attached hydrogen (secondary N) is 1. The molecule has 0 bridgehead atoms. The van der Waals surface area contributed by atoms with E-state index in [1.807, 2.05) is 62.4 Å². The molecule has 4 saturated heterocycles. The molecule has 12 heterocycles. The van der Waals surface area contributed by atoms with Crippen molar-refractivity contribution >= 4 is 0 Å². The Bertz CT molecular complexity index is 3720. The van der Waals surface area contributed by atoms with Gasteiger partial charge in [0.25, 0.3) is 0 Å². The van der Waals surface area contributed by atoms with Crippen LogP contribution in [-0.2, 0) is 30.7 Å². The predicted molar refractivity (Wildman–Crippen MR) is 638 cm³/mol. The number of piperidine rings is 1. The number of aromatic nitrogens is 7. The summed E-state index contributed by atoms with van der Waals surface area (Å²) < 4.78 is 28.3. The summed E-state index contributed by atoms with van der Waals surface area (Å²) >= 11 is 0. The SMILES string of the molecule is C.CC(C)C1=CCCC1.CC(C)C1=CCCC1(C)C.CC(C)C1=CCCCO1.CC(C)C1=CCCN(C)C1.CC(C)C1=CCNCC1.CC(C)C1=CCOCC1.CC(C)C1CCCC1.CC(C)C1CCCCO1.CC(C)C1CCN(C)CC1.CC(C)C1CCOC1.CC(C)C1CCOCC1.CC(C)c1cccnc1.CC(C)c1ccncc1.CC(C)c1cn(C)nn1.CC(C)c1cncnc1.CC1CC=C(C(C)C)CC1. The average molecular weight is 2030 g/mol. The first-order valence-corrected chi connectivity index (χ1v) is 59.0. The summed E-state index contributed by atoms with van der Waals surface area (Å²) in [5.74, 6) is 17.5. The average Bonchev–Trinajstić information content (AvgIpc) is 1.69. The fourth-order valence-electron chi connectivity index (χ4n) is 19.1. The first-order valence-electron chi connectivity index (χ1n) is 59.0. The van der Waals surface area contributed by atoms with E-state index in [2.05, 4.69) is 350 Å². The highest BCUT2D eigenvalue weighted by Gasteiger charge is 2.29. The molecule has 12 aliphatic rings. The number of allylic oxidation sites excluding steroid dienone is 8. The van der Waals surface area contributed by atoms with Crippen LogP contribution in [0.2, 0.25) is 0 Å². The molecule has 8 aliphatic heterocycles. The lowest BCUT2D eigenvalue weighted by molar-refractivity contribution is -0.0115. The van der Waals surface area contributed by atoms with Crippen LogP contribution >= 0.6 is 0 Å². The number of hydrogen-bond donors (Lipinski definition) is 1. The van der Waals surface area contributed by atoms with Gasteiger partial charge in [-0.05, 0) is 333 Å². The van der Waals surface area contributed by atoms with Crippen LogP contribution < -0.4 is 5.32 Å². The minimum Gasteiger partial charge on any atom is -0.498 e. The fraction of sp³-hybridized carbons (Fsp3) is 0.771. The number of ether oxygens (including phenoxy) is 5. The lowest BCUT2D eigenvalue weighted by atomic mass is 9.80. The van der Waals surface area contributed by atoms with Gasteiger partial charge in [0, 0.05) is 109 Å². The summed E-state index contributed by atoms with van der Waals surface area (Å²) in [5, 5.41) is 11.0. The van der Waals surface area contributed by atoms with E-state index < -0.39 is 0 Å². The summed E-state index contributed by atoms with van der Waals surface area (Å²) in [5.41, 5.74) is 15.2. The highest BCUT2D eigenvalue weighted by molar-refractivity contribution is 5.20. The molecule has 5 fully saturated rings. The summed E-state index contributed by atoms with van der Waals surface area (Å²) in [6.07, 6.45) is 64.8. The molecule has 4 aliphatic carbocycles. The molecule has 0 amide bonds. The molecule has 0 radical (unpaired) electrons. The first-order chi connectivity index (χ1) is 68.7. The molecular weight excluding hydrogens is 1790 g/mol. The highest BCUT2D eigenvalue weighted by Crippen LogP contribution is 2.42. The monoisotopic (exact) mass is 2030 g/mol. The van der Waals surface area contributed by atoms with Gasteiger partial charge in [0.15, 0.2) is 0 Å². The minimum absolute atomic E-state index is 0.